The van der Waals surface area contributed by atoms with E-state index < -0.39 is 18.3 Å². The summed E-state index contributed by atoms with van der Waals surface area (Å²) in [6.45, 7) is 1.02. The number of aliphatic hydroxyl groups is 7. The molecule has 6 unspecified atom stereocenters. The number of thioether (sulfide) groups is 4. The molecule has 0 aliphatic carbocycles. The molecule has 0 amide bonds. The lowest BCUT2D eigenvalue weighted by atomic mass is 10.3. The van der Waals surface area contributed by atoms with Gasteiger partial charge in [-0.1, -0.05) is 6.92 Å². The van der Waals surface area contributed by atoms with Crippen LogP contribution in [-0.4, -0.2) is 125 Å². The molecule has 0 saturated carbocycles. The average Bonchev–Trinajstić information content (AvgIpc) is 2.71. The van der Waals surface area contributed by atoms with E-state index in [9.17, 15) is 20.4 Å². The zero-order valence-corrected chi connectivity index (χ0v) is 19.6. The Balaban J connectivity index is 4.92. The van der Waals surface area contributed by atoms with Crippen molar-refractivity contribution in [2.75, 3.05) is 54.3 Å². The van der Waals surface area contributed by atoms with E-state index in [0.29, 0.717) is 35.2 Å². The van der Waals surface area contributed by atoms with Crippen molar-refractivity contribution in [3.63, 3.8) is 0 Å². The van der Waals surface area contributed by atoms with Gasteiger partial charge in [-0.05, 0) is 6.42 Å². The molecule has 170 valence electrons. The summed E-state index contributed by atoms with van der Waals surface area (Å²) in [6, 6.07) is 0. The average molecular weight is 481 g/mol. The minimum Gasteiger partial charge on any atom is -0.394 e. The van der Waals surface area contributed by atoms with Gasteiger partial charge in [0.2, 0.25) is 0 Å². The molecule has 0 bridgehead atoms. The van der Waals surface area contributed by atoms with Gasteiger partial charge in [0.05, 0.1) is 44.2 Å². The van der Waals surface area contributed by atoms with Gasteiger partial charge < -0.3 is 35.7 Å². The van der Waals surface area contributed by atoms with Crippen LogP contribution >= 0.6 is 47.0 Å². The Bertz CT molecular complexity index is 325. The standard InChI is InChI=1S/C17H36O7S4/c1-2-12(21)6-25-10-16(27-8-14(23)4-19)17(28-9-15(24)5-20)11-26-7-13(22)3-18/h12-24H,2-11H2,1H3. The maximum atomic E-state index is 9.78. The minimum absolute atomic E-state index is 0.0688. The number of aliphatic hydroxyl groups excluding tert-OH is 7. The predicted octanol–water partition coefficient (Wildman–Crippen LogP) is -0.513. The van der Waals surface area contributed by atoms with Crippen LogP contribution in [0.1, 0.15) is 13.3 Å². The van der Waals surface area contributed by atoms with Crippen molar-refractivity contribution >= 4 is 47.0 Å². The zero-order valence-electron chi connectivity index (χ0n) is 16.3. The van der Waals surface area contributed by atoms with Gasteiger partial charge >= 0.3 is 0 Å². The van der Waals surface area contributed by atoms with Crippen molar-refractivity contribution < 1.29 is 35.7 Å². The lowest BCUT2D eigenvalue weighted by molar-refractivity contribution is 0.113. The van der Waals surface area contributed by atoms with Gasteiger partial charge in [0.1, 0.15) is 0 Å². The van der Waals surface area contributed by atoms with Gasteiger partial charge in [-0.3, -0.25) is 0 Å². The van der Waals surface area contributed by atoms with Crippen molar-refractivity contribution in [3.8, 4) is 0 Å². The van der Waals surface area contributed by atoms with Crippen LogP contribution in [0.2, 0.25) is 0 Å². The Labute approximate surface area is 185 Å². The van der Waals surface area contributed by atoms with Crippen LogP contribution in [-0.2, 0) is 0 Å². The molecular weight excluding hydrogens is 444 g/mol. The predicted molar refractivity (Wildman–Crippen MR) is 123 cm³/mol. The first-order valence-electron chi connectivity index (χ1n) is 9.31. The minimum atomic E-state index is -0.816. The molecule has 0 spiro atoms. The quantitative estimate of drug-likeness (QED) is 0.128. The van der Waals surface area contributed by atoms with Crippen molar-refractivity contribution in [2.45, 2.75) is 48.3 Å². The van der Waals surface area contributed by atoms with Crippen LogP contribution in [0.25, 0.3) is 0 Å². The smallest absolute Gasteiger partial charge is 0.0861 e. The number of hydrogen-bond donors (Lipinski definition) is 7. The zero-order chi connectivity index (χ0) is 21.4. The molecule has 11 heteroatoms. The third-order valence-corrected chi connectivity index (χ3v) is 9.73. The molecule has 0 radical (unpaired) electrons. The maximum absolute atomic E-state index is 9.78. The van der Waals surface area contributed by atoms with E-state index >= 15 is 0 Å². The maximum Gasteiger partial charge on any atom is 0.0861 e. The Kier molecular flexibility index (Phi) is 19.6. The Hall–Kier alpha value is 1.12. The molecule has 7 N–H and O–H groups in total. The van der Waals surface area contributed by atoms with Crippen LogP contribution in [0.15, 0.2) is 0 Å². The molecule has 7 nitrogen and oxygen atoms in total. The van der Waals surface area contributed by atoms with Crippen molar-refractivity contribution in [1.82, 2.24) is 0 Å². The summed E-state index contributed by atoms with van der Waals surface area (Å²) in [6.07, 6.45) is -2.09. The third kappa shape index (κ3) is 15.0. The fourth-order valence-electron chi connectivity index (χ4n) is 1.91. The number of rotatable bonds is 19. The Morgan fingerprint density at radius 3 is 1.25 bits per heavy atom. The lowest BCUT2D eigenvalue weighted by Crippen LogP contribution is -2.31. The molecule has 0 saturated heterocycles. The van der Waals surface area contributed by atoms with Crippen LogP contribution < -0.4 is 0 Å². The summed E-state index contributed by atoms with van der Waals surface area (Å²) in [7, 11) is 0. The summed E-state index contributed by atoms with van der Waals surface area (Å²) in [5.41, 5.74) is 0. The molecule has 0 fully saturated rings. The molecule has 0 aliphatic rings. The fourth-order valence-corrected chi connectivity index (χ4v) is 7.83. The number of hydrogen-bond acceptors (Lipinski definition) is 11. The van der Waals surface area contributed by atoms with E-state index in [0.717, 1.165) is 5.75 Å². The van der Waals surface area contributed by atoms with Gasteiger partial charge in [0, 0.05) is 45.0 Å². The normalized spacial score (nSPS) is 18.4. The largest absolute Gasteiger partial charge is 0.394 e. The van der Waals surface area contributed by atoms with E-state index in [1.54, 1.807) is 23.5 Å². The highest BCUT2D eigenvalue weighted by atomic mass is 32.2. The summed E-state index contributed by atoms with van der Waals surface area (Å²) in [5, 5.41) is 66.0. The second kappa shape index (κ2) is 18.9. The van der Waals surface area contributed by atoms with Crippen LogP contribution in [0.4, 0.5) is 0 Å². The van der Waals surface area contributed by atoms with Crippen LogP contribution in [0.5, 0.6) is 0 Å². The molecular formula is C17H36O7S4. The highest BCUT2D eigenvalue weighted by Crippen LogP contribution is 2.31. The van der Waals surface area contributed by atoms with Gasteiger partial charge in [-0.25, -0.2) is 0 Å². The first-order chi connectivity index (χ1) is 13.4. The van der Waals surface area contributed by atoms with E-state index in [4.69, 9.17) is 15.3 Å². The van der Waals surface area contributed by atoms with Crippen molar-refractivity contribution in [1.29, 1.82) is 0 Å². The van der Waals surface area contributed by atoms with Gasteiger partial charge in [0.25, 0.3) is 0 Å². The third-order valence-electron chi connectivity index (χ3n) is 3.71. The molecule has 0 aromatic carbocycles. The molecule has 0 aliphatic heterocycles. The van der Waals surface area contributed by atoms with Gasteiger partial charge in [0.15, 0.2) is 0 Å². The molecule has 28 heavy (non-hydrogen) atoms. The topological polar surface area (TPSA) is 142 Å². The van der Waals surface area contributed by atoms with Crippen LogP contribution in [0.3, 0.4) is 0 Å². The summed E-state index contributed by atoms with van der Waals surface area (Å²) >= 11 is 6.21. The monoisotopic (exact) mass is 480 g/mol. The highest BCUT2D eigenvalue weighted by molar-refractivity contribution is 8.06. The lowest BCUT2D eigenvalue weighted by Gasteiger charge is -2.28. The van der Waals surface area contributed by atoms with E-state index in [1.807, 2.05) is 6.92 Å². The van der Waals surface area contributed by atoms with Crippen molar-refractivity contribution in [3.05, 3.63) is 0 Å². The van der Waals surface area contributed by atoms with E-state index in [-0.39, 0.29) is 36.4 Å². The molecule has 0 aromatic rings. The Morgan fingerprint density at radius 2 is 0.893 bits per heavy atom. The molecule has 0 rings (SSSR count). The molecule has 0 heterocycles. The van der Waals surface area contributed by atoms with Crippen molar-refractivity contribution in [2.24, 2.45) is 0 Å². The molecule has 6 atom stereocenters. The second-order valence-corrected chi connectivity index (χ2v) is 11.1. The Morgan fingerprint density at radius 1 is 0.536 bits per heavy atom. The summed E-state index contributed by atoms with van der Waals surface area (Å²) in [4.78, 5) is 0. The summed E-state index contributed by atoms with van der Waals surface area (Å²) in [5.74, 6) is 3.16. The van der Waals surface area contributed by atoms with Crippen LogP contribution in [0, 0.1) is 0 Å². The van der Waals surface area contributed by atoms with E-state index in [1.165, 1.54) is 23.5 Å². The first-order valence-corrected chi connectivity index (χ1v) is 13.7. The van der Waals surface area contributed by atoms with Gasteiger partial charge in [-0.15, -0.1) is 0 Å². The SMILES string of the molecule is CCC(O)CSCC(SCC(O)CO)C(CSCC(O)CO)SCC(O)CO. The highest BCUT2D eigenvalue weighted by Gasteiger charge is 2.25. The fraction of sp³-hybridized carbons (Fsp3) is 1.00. The summed E-state index contributed by atoms with van der Waals surface area (Å²) < 4.78 is 0. The molecule has 0 aromatic heterocycles. The first kappa shape index (κ1) is 29.1. The van der Waals surface area contributed by atoms with Gasteiger partial charge in [-0.2, -0.15) is 47.0 Å². The second-order valence-electron chi connectivity index (χ2n) is 6.39. The van der Waals surface area contributed by atoms with E-state index in [2.05, 4.69) is 0 Å².